The number of aromatic nitrogens is 1. The number of hydrogen-bond acceptors (Lipinski definition) is 9. The number of aromatic hydroxyl groups is 1. The van der Waals surface area contributed by atoms with E-state index in [1.54, 1.807) is 0 Å². The van der Waals surface area contributed by atoms with Crippen LogP contribution in [-0.4, -0.2) is 66.8 Å². The fourth-order valence-corrected chi connectivity index (χ4v) is 3.29. The van der Waals surface area contributed by atoms with Gasteiger partial charge in [-0.3, -0.25) is 29.2 Å². The number of carbonyl (C=O) groups excluding carboxylic acids is 2. The van der Waals surface area contributed by atoms with Crippen molar-refractivity contribution >= 4 is 35.9 Å². The Morgan fingerprint density at radius 3 is 2.00 bits per heavy atom. The van der Waals surface area contributed by atoms with Crippen molar-refractivity contribution in [3.05, 3.63) is 23.0 Å². The second-order valence-electron chi connectivity index (χ2n) is 8.76. The summed E-state index contributed by atoms with van der Waals surface area (Å²) in [6.45, 7) is 2.37. The van der Waals surface area contributed by atoms with Crippen molar-refractivity contribution in [2.24, 2.45) is 4.99 Å². The van der Waals surface area contributed by atoms with Crippen LogP contribution in [0.4, 0.5) is 0 Å². The number of pyridine rings is 1. The molecule has 0 aliphatic carbocycles. The molecular formula is C25H34N2O10. The molecule has 0 aromatic carbocycles. The van der Waals surface area contributed by atoms with Crippen LogP contribution in [0.15, 0.2) is 11.2 Å². The highest BCUT2D eigenvalue weighted by Crippen LogP contribution is 2.25. The van der Waals surface area contributed by atoms with E-state index < -0.39 is 35.2 Å². The lowest BCUT2D eigenvalue weighted by atomic mass is 9.93. The Balaban J connectivity index is 2.90. The third-order valence-corrected chi connectivity index (χ3v) is 5.72. The van der Waals surface area contributed by atoms with Gasteiger partial charge >= 0.3 is 23.9 Å². The molecule has 1 rings (SSSR count). The normalized spacial score (nSPS) is 12.7. The van der Waals surface area contributed by atoms with Crippen LogP contribution in [-0.2, 0) is 35.3 Å². The van der Waals surface area contributed by atoms with Gasteiger partial charge in [0.05, 0.1) is 5.69 Å². The van der Waals surface area contributed by atoms with Crippen LogP contribution in [0.25, 0.3) is 0 Å². The highest BCUT2D eigenvalue weighted by molar-refractivity contribution is 6.09. The Bertz CT molecular complexity index is 1020. The van der Waals surface area contributed by atoms with Crippen LogP contribution >= 0.6 is 0 Å². The maximum absolute atomic E-state index is 12.7. The molecule has 1 aromatic rings. The van der Waals surface area contributed by atoms with Crippen LogP contribution in [0, 0.1) is 6.92 Å². The van der Waals surface area contributed by atoms with Gasteiger partial charge in [-0.2, -0.15) is 0 Å². The number of nitrogens with zero attached hydrogens (tertiary/aromatic N) is 2. The summed E-state index contributed by atoms with van der Waals surface area (Å²) >= 11 is 0. The van der Waals surface area contributed by atoms with Crippen molar-refractivity contribution in [1.82, 2.24) is 4.98 Å². The molecular weight excluding hydrogens is 488 g/mol. The molecule has 12 nitrogen and oxygen atoms in total. The summed E-state index contributed by atoms with van der Waals surface area (Å²) in [6.07, 6.45) is 4.90. The topological polar surface area (TPSA) is 201 Å². The van der Waals surface area contributed by atoms with Crippen molar-refractivity contribution in [3.8, 4) is 5.75 Å². The van der Waals surface area contributed by atoms with Crippen molar-refractivity contribution in [3.63, 3.8) is 0 Å². The molecule has 0 saturated heterocycles. The third-order valence-electron chi connectivity index (χ3n) is 5.72. The van der Waals surface area contributed by atoms with Gasteiger partial charge < -0.3 is 25.2 Å². The van der Waals surface area contributed by atoms with Gasteiger partial charge in [-0.05, 0) is 39.5 Å². The number of hydrogen-bond donors (Lipinski definition) is 4. The Morgan fingerprint density at radius 2 is 1.46 bits per heavy atom. The number of carboxylic acids is 3. The molecule has 0 bridgehead atoms. The minimum Gasteiger partial charge on any atom is -0.505 e. The maximum atomic E-state index is 12.7. The van der Waals surface area contributed by atoms with E-state index in [1.807, 2.05) is 0 Å². The van der Waals surface area contributed by atoms with Gasteiger partial charge in [0.2, 0.25) is 5.54 Å². The first-order valence-electron chi connectivity index (χ1n) is 12.0. The van der Waals surface area contributed by atoms with E-state index in [4.69, 9.17) is 14.9 Å². The van der Waals surface area contributed by atoms with E-state index in [0.29, 0.717) is 38.5 Å². The molecule has 204 valence electrons. The number of unbranched alkanes of at least 4 members (excludes halogenated alkanes) is 4. The van der Waals surface area contributed by atoms with Crippen molar-refractivity contribution < 1.29 is 49.1 Å². The van der Waals surface area contributed by atoms with E-state index >= 15 is 0 Å². The molecule has 37 heavy (non-hydrogen) atoms. The van der Waals surface area contributed by atoms with E-state index in [1.165, 1.54) is 13.1 Å². The van der Waals surface area contributed by atoms with Gasteiger partial charge in [-0.15, -0.1) is 0 Å². The lowest BCUT2D eigenvalue weighted by Gasteiger charge is -2.19. The van der Waals surface area contributed by atoms with Crippen LogP contribution in [0.2, 0.25) is 0 Å². The lowest BCUT2D eigenvalue weighted by Crippen LogP contribution is -2.42. The molecule has 1 heterocycles. The number of ether oxygens (including phenoxy) is 1. The number of carbonyl (C=O) groups is 5. The molecule has 0 spiro atoms. The number of Topliss-reactive ketones (excluding diaryl/α,β-unsaturated/α-hetero) is 1. The standard InChI is InChI=1S/C25H34N2O10/c1-16-23(34)18(17(13-26-16)15-37-22(33)12-8-4-7-11-21(31)32)14-27-25(2,24(35)36)19(28)9-5-3-6-10-20(29)30/h13-14,34H,3-12,15H2,1-2H3,(H,29,30)(H,31,32)(H,35,36)/t25-/m0/s1. The van der Waals surface area contributed by atoms with Crippen LogP contribution in [0.1, 0.15) is 88.0 Å². The minimum absolute atomic E-state index is 0.0224. The van der Waals surface area contributed by atoms with Crippen LogP contribution in [0.5, 0.6) is 5.75 Å². The van der Waals surface area contributed by atoms with Crippen LogP contribution in [0.3, 0.4) is 0 Å². The number of ketones is 1. The minimum atomic E-state index is -2.14. The van der Waals surface area contributed by atoms with Gasteiger partial charge in [-0.1, -0.05) is 12.8 Å². The zero-order valence-corrected chi connectivity index (χ0v) is 21.1. The summed E-state index contributed by atoms with van der Waals surface area (Å²) in [5.74, 6) is -4.85. The van der Waals surface area contributed by atoms with Crippen molar-refractivity contribution in [1.29, 1.82) is 0 Å². The van der Waals surface area contributed by atoms with Gasteiger partial charge in [-0.25, -0.2) is 4.79 Å². The third kappa shape index (κ3) is 10.8. The number of rotatable bonds is 18. The zero-order chi connectivity index (χ0) is 28.0. The molecule has 0 aliphatic rings. The van der Waals surface area contributed by atoms with E-state index in [-0.39, 0.29) is 54.9 Å². The Hall–Kier alpha value is -3.83. The molecule has 12 heteroatoms. The summed E-state index contributed by atoms with van der Waals surface area (Å²) in [4.78, 5) is 65.7. The van der Waals surface area contributed by atoms with Crippen LogP contribution < -0.4 is 0 Å². The van der Waals surface area contributed by atoms with Gasteiger partial charge in [0, 0.05) is 49.2 Å². The summed E-state index contributed by atoms with van der Waals surface area (Å²) in [5.41, 5.74) is -1.61. The highest BCUT2D eigenvalue weighted by atomic mass is 16.5. The predicted molar refractivity (Wildman–Crippen MR) is 131 cm³/mol. The van der Waals surface area contributed by atoms with E-state index in [9.17, 15) is 34.2 Å². The lowest BCUT2D eigenvalue weighted by molar-refractivity contribution is -0.147. The summed E-state index contributed by atoms with van der Waals surface area (Å²) in [6, 6.07) is 0. The first-order chi connectivity index (χ1) is 17.4. The monoisotopic (exact) mass is 522 g/mol. The zero-order valence-electron chi connectivity index (χ0n) is 21.1. The molecule has 1 aromatic heterocycles. The number of aryl methyl sites for hydroxylation is 1. The fraction of sp³-hybridized carbons (Fsp3) is 0.560. The smallest absolute Gasteiger partial charge is 0.339 e. The van der Waals surface area contributed by atoms with E-state index in [0.717, 1.165) is 13.1 Å². The summed E-state index contributed by atoms with van der Waals surface area (Å²) in [7, 11) is 0. The second kappa shape index (κ2) is 15.3. The number of aliphatic imine (C=N–C) groups is 1. The second-order valence-corrected chi connectivity index (χ2v) is 8.76. The SMILES string of the molecule is Cc1ncc(COC(=O)CCCCCC(=O)O)c(C=N[C@](C)(C(=O)O)C(=O)CCCCCC(=O)O)c1O. The largest absolute Gasteiger partial charge is 0.505 e. The number of aliphatic carboxylic acids is 3. The maximum Gasteiger partial charge on any atom is 0.339 e. The van der Waals surface area contributed by atoms with Gasteiger partial charge in [0.15, 0.2) is 5.78 Å². The first-order valence-corrected chi connectivity index (χ1v) is 12.0. The molecule has 0 aliphatic heterocycles. The van der Waals surface area contributed by atoms with E-state index in [2.05, 4.69) is 9.98 Å². The molecule has 0 saturated carbocycles. The quantitative estimate of drug-likeness (QED) is 0.0955. The Kier molecular flexibility index (Phi) is 12.9. The molecule has 0 unspecified atom stereocenters. The average molecular weight is 523 g/mol. The molecule has 0 amide bonds. The van der Waals surface area contributed by atoms with Crippen molar-refractivity contribution in [2.45, 2.75) is 90.2 Å². The predicted octanol–water partition coefficient (Wildman–Crippen LogP) is 3.04. The van der Waals surface area contributed by atoms with Gasteiger partial charge in [0.1, 0.15) is 12.4 Å². The number of esters is 1. The number of carboxylic acid groups (broad SMARTS) is 3. The molecule has 0 radical (unpaired) electrons. The Morgan fingerprint density at radius 1 is 0.919 bits per heavy atom. The van der Waals surface area contributed by atoms with Crippen molar-refractivity contribution in [2.75, 3.05) is 0 Å². The summed E-state index contributed by atoms with van der Waals surface area (Å²) in [5, 5.41) is 37.5. The first kappa shape index (κ1) is 31.2. The van der Waals surface area contributed by atoms with Gasteiger partial charge in [0.25, 0.3) is 0 Å². The molecule has 1 atom stereocenters. The highest BCUT2D eigenvalue weighted by Gasteiger charge is 2.39. The summed E-state index contributed by atoms with van der Waals surface area (Å²) < 4.78 is 5.22. The molecule has 0 fully saturated rings. The fourth-order valence-electron chi connectivity index (χ4n) is 3.29. The Labute approximate surface area is 214 Å². The average Bonchev–Trinajstić information content (AvgIpc) is 2.82. The molecule has 4 N–H and O–H groups in total.